The number of nitrogens with one attached hydrogen (secondary N) is 1. The Balaban J connectivity index is 1.97. The molecule has 21 heavy (non-hydrogen) atoms. The highest BCUT2D eigenvalue weighted by atomic mass is 32.2. The van der Waals surface area contributed by atoms with E-state index in [2.05, 4.69) is 56.0 Å². The van der Waals surface area contributed by atoms with Gasteiger partial charge in [0, 0.05) is 30.3 Å². The highest BCUT2D eigenvalue weighted by molar-refractivity contribution is 7.99. The quantitative estimate of drug-likeness (QED) is 0.813. The molecule has 1 unspecified atom stereocenters. The Kier molecular flexibility index (Phi) is 7.08. The van der Waals surface area contributed by atoms with Gasteiger partial charge in [0.05, 0.1) is 0 Å². The second-order valence-corrected chi connectivity index (χ2v) is 7.33. The van der Waals surface area contributed by atoms with Crippen LogP contribution in [0.4, 0.5) is 0 Å². The number of aryl methyl sites for hydroxylation is 2. The third-order valence-corrected chi connectivity index (χ3v) is 5.71. The van der Waals surface area contributed by atoms with Crippen LogP contribution in [0, 0.1) is 13.8 Å². The summed E-state index contributed by atoms with van der Waals surface area (Å²) >= 11 is 2.12. The molecule has 1 N–H and O–H groups in total. The van der Waals surface area contributed by atoms with Crippen molar-refractivity contribution in [1.29, 1.82) is 0 Å². The highest BCUT2D eigenvalue weighted by Crippen LogP contribution is 2.27. The van der Waals surface area contributed by atoms with Crippen molar-refractivity contribution in [3.8, 4) is 0 Å². The largest absolute Gasteiger partial charge is 0.381 e. The molecule has 1 saturated heterocycles. The number of rotatable bonds is 7. The van der Waals surface area contributed by atoms with Gasteiger partial charge in [-0.25, -0.2) is 0 Å². The lowest BCUT2D eigenvalue weighted by atomic mass is 10.0. The second-order valence-electron chi connectivity index (χ2n) is 6.00. The van der Waals surface area contributed by atoms with Crippen molar-refractivity contribution in [1.82, 2.24) is 5.32 Å². The van der Waals surface area contributed by atoms with E-state index >= 15 is 0 Å². The van der Waals surface area contributed by atoms with Crippen molar-refractivity contribution >= 4 is 11.8 Å². The van der Waals surface area contributed by atoms with Crippen molar-refractivity contribution < 1.29 is 4.74 Å². The van der Waals surface area contributed by atoms with E-state index in [-0.39, 0.29) is 0 Å². The summed E-state index contributed by atoms with van der Waals surface area (Å²) in [4.78, 5) is 0. The van der Waals surface area contributed by atoms with Crippen LogP contribution in [0.15, 0.2) is 18.2 Å². The third-order valence-electron chi connectivity index (χ3n) is 4.24. The Labute approximate surface area is 134 Å². The Morgan fingerprint density at radius 3 is 2.67 bits per heavy atom. The van der Waals surface area contributed by atoms with Gasteiger partial charge in [0.1, 0.15) is 0 Å². The first-order chi connectivity index (χ1) is 10.2. The van der Waals surface area contributed by atoms with Gasteiger partial charge in [0.15, 0.2) is 0 Å². The summed E-state index contributed by atoms with van der Waals surface area (Å²) in [5, 5.41) is 4.49. The molecule has 118 valence electrons. The predicted molar refractivity (Wildman–Crippen MR) is 93.2 cm³/mol. The SMILES string of the molecule is CCCNC(CSC1CCOCC1)c1ccc(C)c(C)c1. The standard InChI is InChI=1S/C18H29NOS/c1-4-9-19-18(13-21-17-7-10-20-11-8-17)16-6-5-14(2)15(3)12-16/h5-6,12,17-19H,4,7-11,13H2,1-3H3. The van der Waals surface area contributed by atoms with Crippen LogP contribution in [-0.2, 0) is 4.74 Å². The first-order valence-corrected chi connectivity index (χ1v) is 9.25. The molecule has 1 heterocycles. The van der Waals surface area contributed by atoms with Gasteiger partial charge in [-0.15, -0.1) is 0 Å². The molecule has 1 atom stereocenters. The number of ether oxygens (including phenoxy) is 1. The van der Waals surface area contributed by atoms with E-state index in [0.29, 0.717) is 6.04 Å². The average Bonchev–Trinajstić information content (AvgIpc) is 2.51. The van der Waals surface area contributed by atoms with Crippen molar-refractivity contribution in [3.63, 3.8) is 0 Å². The minimum Gasteiger partial charge on any atom is -0.381 e. The van der Waals surface area contributed by atoms with Crippen LogP contribution in [0.2, 0.25) is 0 Å². The van der Waals surface area contributed by atoms with Crippen molar-refractivity contribution in [2.45, 2.75) is 51.3 Å². The lowest BCUT2D eigenvalue weighted by molar-refractivity contribution is 0.1000. The molecule has 2 nitrogen and oxygen atoms in total. The number of hydrogen-bond acceptors (Lipinski definition) is 3. The highest BCUT2D eigenvalue weighted by Gasteiger charge is 2.18. The van der Waals surface area contributed by atoms with Crippen molar-refractivity contribution in [2.75, 3.05) is 25.5 Å². The van der Waals surface area contributed by atoms with Gasteiger partial charge in [-0.3, -0.25) is 0 Å². The van der Waals surface area contributed by atoms with Crippen LogP contribution in [0.5, 0.6) is 0 Å². The Morgan fingerprint density at radius 1 is 1.24 bits per heavy atom. The zero-order valence-corrected chi connectivity index (χ0v) is 14.5. The lowest BCUT2D eigenvalue weighted by Gasteiger charge is -2.25. The zero-order chi connectivity index (χ0) is 15.1. The summed E-state index contributed by atoms with van der Waals surface area (Å²) in [6.07, 6.45) is 3.60. The average molecular weight is 308 g/mol. The summed E-state index contributed by atoms with van der Waals surface area (Å²) in [5.41, 5.74) is 4.21. The molecule has 3 heteroatoms. The Hall–Kier alpha value is -0.510. The molecule has 0 spiro atoms. The van der Waals surface area contributed by atoms with Crippen molar-refractivity contribution in [3.05, 3.63) is 34.9 Å². The number of hydrogen-bond donors (Lipinski definition) is 1. The minimum atomic E-state index is 0.470. The molecule has 1 aromatic rings. The normalized spacial score (nSPS) is 17.9. The maximum atomic E-state index is 5.46. The van der Waals surface area contributed by atoms with Gasteiger partial charge >= 0.3 is 0 Å². The summed E-state index contributed by atoms with van der Waals surface area (Å²) in [7, 11) is 0. The van der Waals surface area contributed by atoms with Crippen LogP contribution >= 0.6 is 11.8 Å². The maximum absolute atomic E-state index is 5.46. The van der Waals surface area contributed by atoms with E-state index < -0.39 is 0 Å². The molecule has 0 radical (unpaired) electrons. The molecule has 0 bridgehead atoms. The maximum Gasteiger partial charge on any atom is 0.0476 e. The predicted octanol–water partition coefficient (Wildman–Crippen LogP) is 4.26. The van der Waals surface area contributed by atoms with Gasteiger partial charge in [-0.1, -0.05) is 25.1 Å². The summed E-state index contributed by atoms with van der Waals surface area (Å²) in [6, 6.07) is 7.37. The van der Waals surface area contributed by atoms with Gasteiger partial charge in [0.2, 0.25) is 0 Å². The molecule has 0 saturated carbocycles. The van der Waals surface area contributed by atoms with Crippen LogP contribution in [0.25, 0.3) is 0 Å². The van der Waals surface area contributed by atoms with E-state index in [9.17, 15) is 0 Å². The monoisotopic (exact) mass is 307 g/mol. The number of benzene rings is 1. The smallest absolute Gasteiger partial charge is 0.0476 e. The molecule has 2 rings (SSSR count). The molecule has 1 fully saturated rings. The molecule has 0 amide bonds. The summed E-state index contributed by atoms with van der Waals surface area (Å²) < 4.78 is 5.46. The van der Waals surface area contributed by atoms with E-state index in [1.165, 1.54) is 36.0 Å². The summed E-state index contributed by atoms with van der Waals surface area (Å²) in [5.74, 6) is 1.16. The first-order valence-electron chi connectivity index (χ1n) is 8.20. The van der Waals surface area contributed by atoms with Crippen LogP contribution in [0.3, 0.4) is 0 Å². The van der Waals surface area contributed by atoms with E-state index in [1.54, 1.807) is 0 Å². The topological polar surface area (TPSA) is 21.3 Å². The molecule has 1 aliphatic rings. The molecule has 0 aliphatic carbocycles. The Bertz CT molecular complexity index is 429. The Morgan fingerprint density at radius 2 is 2.00 bits per heavy atom. The molecular formula is C18H29NOS. The zero-order valence-electron chi connectivity index (χ0n) is 13.7. The van der Waals surface area contributed by atoms with E-state index in [0.717, 1.165) is 30.8 Å². The van der Waals surface area contributed by atoms with Crippen LogP contribution in [0.1, 0.15) is 48.9 Å². The second kappa shape index (κ2) is 8.82. The molecule has 0 aromatic heterocycles. The fraction of sp³-hybridized carbons (Fsp3) is 0.667. The molecule has 1 aliphatic heterocycles. The number of thioether (sulfide) groups is 1. The van der Waals surface area contributed by atoms with Crippen molar-refractivity contribution in [2.24, 2.45) is 0 Å². The van der Waals surface area contributed by atoms with Crippen LogP contribution in [-0.4, -0.2) is 30.8 Å². The first kappa shape index (κ1) is 16.9. The summed E-state index contributed by atoms with van der Waals surface area (Å²) in [6.45, 7) is 9.59. The fourth-order valence-corrected chi connectivity index (χ4v) is 3.95. The van der Waals surface area contributed by atoms with Gasteiger partial charge in [0.25, 0.3) is 0 Å². The van der Waals surface area contributed by atoms with E-state index in [4.69, 9.17) is 4.74 Å². The van der Waals surface area contributed by atoms with Crippen LogP contribution < -0.4 is 5.32 Å². The lowest BCUT2D eigenvalue weighted by Crippen LogP contribution is -2.26. The minimum absolute atomic E-state index is 0.470. The molecular weight excluding hydrogens is 278 g/mol. The van der Waals surface area contributed by atoms with Gasteiger partial charge in [-0.2, -0.15) is 11.8 Å². The fourth-order valence-electron chi connectivity index (χ4n) is 2.65. The van der Waals surface area contributed by atoms with Gasteiger partial charge < -0.3 is 10.1 Å². The molecule has 1 aromatic carbocycles. The van der Waals surface area contributed by atoms with Gasteiger partial charge in [-0.05, 0) is 56.3 Å². The van der Waals surface area contributed by atoms with E-state index in [1.807, 2.05) is 0 Å². The third kappa shape index (κ3) is 5.32.